The lowest BCUT2D eigenvalue weighted by atomic mass is 10.0. The Bertz CT molecular complexity index is 669. The first-order valence-electron chi connectivity index (χ1n) is 11.1. The van der Waals surface area contributed by atoms with Gasteiger partial charge in [0.05, 0.1) is 13.2 Å². The Morgan fingerprint density at radius 2 is 2.13 bits per heavy atom. The first kappa shape index (κ1) is 23.5. The molecule has 2 aliphatic heterocycles. The minimum atomic E-state index is -2.80. The van der Waals surface area contributed by atoms with Crippen LogP contribution in [0.15, 0.2) is 29.3 Å². The molecule has 31 heavy (non-hydrogen) atoms. The molecule has 0 aromatic heterocycles. The Morgan fingerprint density at radius 1 is 1.29 bits per heavy atom. The number of hydrogen-bond acceptors (Lipinski definition) is 5. The summed E-state index contributed by atoms with van der Waals surface area (Å²) in [5.74, 6) is 1.51. The number of benzene rings is 1. The third-order valence-electron chi connectivity index (χ3n) is 5.55. The molecule has 9 heteroatoms. The van der Waals surface area contributed by atoms with Gasteiger partial charge in [0.25, 0.3) is 0 Å². The van der Waals surface area contributed by atoms with Crippen LogP contribution in [0.5, 0.6) is 5.75 Å². The molecule has 174 valence electrons. The maximum absolute atomic E-state index is 12.3. The highest BCUT2D eigenvalue weighted by Gasteiger charge is 2.21. The van der Waals surface area contributed by atoms with E-state index in [0.717, 1.165) is 83.4 Å². The van der Waals surface area contributed by atoms with Crippen molar-refractivity contribution in [2.24, 2.45) is 10.9 Å². The molecule has 0 spiro atoms. The molecule has 2 atom stereocenters. The molecule has 0 bridgehead atoms. The second-order valence-corrected chi connectivity index (χ2v) is 7.96. The average Bonchev–Trinajstić information content (AvgIpc) is 3.29. The van der Waals surface area contributed by atoms with Gasteiger partial charge in [0.1, 0.15) is 5.75 Å². The molecule has 2 N–H and O–H groups in total. The zero-order chi connectivity index (χ0) is 21.9. The van der Waals surface area contributed by atoms with Crippen molar-refractivity contribution in [2.75, 3.05) is 58.0 Å². The van der Waals surface area contributed by atoms with E-state index in [1.54, 1.807) is 19.2 Å². The predicted molar refractivity (Wildman–Crippen MR) is 117 cm³/mol. The van der Waals surface area contributed by atoms with Gasteiger partial charge in [0.15, 0.2) is 5.96 Å². The molecule has 0 radical (unpaired) electrons. The Balaban J connectivity index is 1.36. The second-order valence-electron chi connectivity index (χ2n) is 7.96. The summed E-state index contributed by atoms with van der Waals surface area (Å²) in [6.45, 7) is 2.92. The van der Waals surface area contributed by atoms with Gasteiger partial charge < -0.3 is 29.7 Å². The van der Waals surface area contributed by atoms with Crippen LogP contribution in [0, 0.1) is 5.92 Å². The Kier molecular flexibility index (Phi) is 9.61. The van der Waals surface area contributed by atoms with Gasteiger partial charge in [-0.15, -0.1) is 0 Å². The zero-order valence-electron chi connectivity index (χ0n) is 18.2. The summed E-state index contributed by atoms with van der Waals surface area (Å²) in [6, 6.07) is 7.08. The minimum Gasteiger partial charge on any atom is -0.435 e. The summed E-state index contributed by atoms with van der Waals surface area (Å²) in [5.41, 5.74) is 1.00. The zero-order valence-corrected chi connectivity index (χ0v) is 18.2. The number of rotatable bonds is 10. The summed E-state index contributed by atoms with van der Waals surface area (Å²) in [5, 5.41) is 6.85. The molecule has 7 nitrogen and oxygen atoms in total. The van der Waals surface area contributed by atoms with Gasteiger partial charge in [0, 0.05) is 57.5 Å². The van der Waals surface area contributed by atoms with E-state index in [1.165, 1.54) is 0 Å². The highest BCUT2D eigenvalue weighted by Crippen LogP contribution is 2.23. The number of guanidine groups is 1. The molecular formula is C22H34F2N4O3. The maximum atomic E-state index is 12.3. The van der Waals surface area contributed by atoms with E-state index < -0.39 is 6.61 Å². The van der Waals surface area contributed by atoms with Crippen LogP contribution in [0.25, 0.3) is 0 Å². The Morgan fingerprint density at radius 3 is 2.84 bits per heavy atom. The summed E-state index contributed by atoms with van der Waals surface area (Å²) in [6.07, 6.45) is 4.11. The highest BCUT2D eigenvalue weighted by molar-refractivity contribution is 5.80. The average molecular weight is 441 g/mol. The van der Waals surface area contributed by atoms with Crippen LogP contribution in [0.1, 0.15) is 25.7 Å². The molecule has 0 aliphatic carbocycles. The first-order chi connectivity index (χ1) is 15.1. The topological polar surface area (TPSA) is 67.4 Å². The first-order valence-corrected chi connectivity index (χ1v) is 11.1. The summed E-state index contributed by atoms with van der Waals surface area (Å²) in [4.78, 5) is 6.58. The van der Waals surface area contributed by atoms with Gasteiger partial charge in [-0.05, 0) is 49.9 Å². The van der Waals surface area contributed by atoms with E-state index in [4.69, 9.17) is 9.47 Å². The smallest absolute Gasteiger partial charge is 0.387 e. The van der Waals surface area contributed by atoms with Crippen LogP contribution in [0.3, 0.4) is 0 Å². The summed E-state index contributed by atoms with van der Waals surface area (Å²) >= 11 is 0. The van der Waals surface area contributed by atoms with Gasteiger partial charge in [-0.3, -0.25) is 4.99 Å². The number of nitrogens with one attached hydrogen (secondary N) is 2. The molecule has 2 unspecified atom stereocenters. The monoisotopic (exact) mass is 440 g/mol. The lowest BCUT2D eigenvalue weighted by Crippen LogP contribution is -2.51. The fourth-order valence-corrected chi connectivity index (χ4v) is 3.90. The fraction of sp³-hybridized carbons (Fsp3) is 0.682. The van der Waals surface area contributed by atoms with Crippen molar-refractivity contribution in [3.8, 4) is 5.75 Å². The molecular weight excluding hydrogens is 406 g/mol. The van der Waals surface area contributed by atoms with Crippen LogP contribution >= 0.6 is 0 Å². The SMILES string of the molecule is CN=C(NCCCOCC1CCOC1)NC1CCCN(c2ccc(OC(F)F)cc2)C1. The van der Waals surface area contributed by atoms with Crippen molar-refractivity contribution in [1.82, 2.24) is 10.6 Å². The quantitative estimate of drug-likeness (QED) is 0.331. The van der Waals surface area contributed by atoms with E-state index >= 15 is 0 Å². The number of ether oxygens (including phenoxy) is 3. The van der Waals surface area contributed by atoms with Crippen LogP contribution in [-0.4, -0.2) is 71.7 Å². The largest absolute Gasteiger partial charge is 0.435 e. The molecule has 0 amide bonds. The maximum Gasteiger partial charge on any atom is 0.387 e. The van der Waals surface area contributed by atoms with Gasteiger partial charge in [-0.2, -0.15) is 8.78 Å². The summed E-state index contributed by atoms with van der Waals surface area (Å²) in [7, 11) is 1.77. The van der Waals surface area contributed by atoms with E-state index in [2.05, 4.69) is 25.3 Å². The number of piperidine rings is 1. The van der Waals surface area contributed by atoms with Gasteiger partial charge in [-0.25, -0.2) is 0 Å². The normalized spacial score (nSPS) is 22.1. The Labute approximate surface area is 183 Å². The lowest BCUT2D eigenvalue weighted by molar-refractivity contribution is -0.0498. The number of alkyl halides is 2. The standard InChI is InChI=1S/C22H34F2N4O3/c1-25-22(26-10-3-12-29-15-17-9-13-30-16-17)27-18-4-2-11-28(14-18)19-5-7-20(8-6-19)31-21(23)24/h5-8,17-18,21H,2-4,9-16H2,1H3,(H2,25,26,27). The van der Waals surface area contributed by atoms with E-state index in [-0.39, 0.29) is 11.8 Å². The number of halogens is 2. The van der Waals surface area contributed by atoms with Crippen molar-refractivity contribution in [1.29, 1.82) is 0 Å². The van der Waals surface area contributed by atoms with E-state index in [1.807, 2.05) is 12.1 Å². The molecule has 2 saturated heterocycles. The van der Waals surface area contributed by atoms with Crippen LogP contribution < -0.4 is 20.3 Å². The van der Waals surface area contributed by atoms with Crippen molar-refractivity contribution in [3.05, 3.63) is 24.3 Å². The molecule has 0 saturated carbocycles. The van der Waals surface area contributed by atoms with Gasteiger partial charge in [0.2, 0.25) is 0 Å². The predicted octanol–water partition coefficient (Wildman–Crippen LogP) is 2.87. The van der Waals surface area contributed by atoms with Crippen molar-refractivity contribution in [3.63, 3.8) is 0 Å². The number of nitrogens with zero attached hydrogens (tertiary/aromatic N) is 2. The molecule has 3 rings (SSSR count). The van der Waals surface area contributed by atoms with Crippen molar-refractivity contribution < 1.29 is 23.0 Å². The molecule has 2 heterocycles. The second kappa shape index (κ2) is 12.7. The Hall–Kier alpha value is -2.13. The third kappa shape index (κ3) is 8.14. The molecule has 1 aromatic rings. The van der Waals surface area contributed by atoms with E-state index in [9.17, 15) is 8.78 Å². The fourth-order valence-electron chi connectivity index (χ4n) is 3.90. The van der Waals surface area contributed by atoms with Crippen molar-refractivity contribution >= 4 is 11.6 Å². The lowest BCUT2D eigenvalue weighted by Gasteiger charge is -2.35. The number of hydrogen-bond donors (Lipinski definition) is 2. The van der Waals surface area contributed by atoms with Crippen LogP contribution in [0.4, 0.5) is 14.5 Å². The van der Waals surface area contributed by atoms with Gasteiger partial charge >= 0.3 is 6.61 Å². The highest BCUT2D eigenvalue weighted by atomic mass is 19.3. The number of aliphatic imine (C=N–C) groups is 1. The van der Waals surface area contributed by atoms with Crippen molar-refractivity contribution in [2.45, 2.75) is 38.3 Å². The minimum absolute atomic E-state index is 0.176. The van der Waals surface area contributed by atoms with Crippen LogP contribution in [-0.2, 0) is 9.47 Å². The third-order valence-corrected chi connectivity index (χ3v) is 5.55. The molecule has 1 aromatic carbocycles. The van der Waals surface area contributed by atoms with Crippen LogP contribution in [0.2, 0.25) is 0 Å². The van der Waals surface area contributed by atoms with E-state index in [0.29, 0.717) is 5.92 Å². The van der Waals surface area contributed by atoms with Gasteiger partial charge in [-0.1, -0.05) is 0 Å². The number of anilines is 1. The molecule has 2 aliphatic rings. The summed E-state index contributed by atoms with van der Waals surface area (Å²) < 4.78 is 40.2. The molecule has 2 fully saturated rings.